The fraction of sp³-hybridized carbons (Fsp3) is 0.444. The number of carbonyl (C=O) groups is 3. The van der Waals surface area contributed by atoms with E-state index in [0.717, 1.165) is 18.9 Å². The van der Waals surface area contributed by atoms with E-state index in [1.54, 1.807) is 29.2 Å². The molecule has 1 N–H and O–H groups in total. The summed E-state index contributed by atoms with van der Waals surface area (Å²) in [6.45, 7) is 1.71. The summed E-state index contributed by atoms with van der Waals surface area (Å²) >= 11 is 5.95. The highest BCUT2D eigenvalue weighted by atomic mass is 35.5. The van der Waals surface area contributed by atoms with Crippen LogP contribution < -0.4 is 5.32 Å². The number of benzene rings is 2. The minimum Gasteiger partial charge on any atom is -0.376 e. The summed E-state index contributed by atoms with van der Waals surface area (Å²) < 4.78 is 25.8. The number of amides is 3. The fourth-order valence-corrected chi connectivity index (χ4v) is 5.43. The van der Waals surface area contributed by atoms with Crippen molar-refractivity contribution in [3.63, 3.8) is 0 Å². The standard InChI is InChI=1S/C27H29ClFN3O5/c28-20-8-6-18(7-9-20)25(34)31-12-10-27(11-13-31)32(26(35)19-3-1-4-21(29)15-19)23(17-37-27)24(33)30-16-22-5-2-14-36-22/h1,3-4,6-9,15,22-23H,2,5,10-14,16-17H2,(H,30,33). The van der Waals surface area contributed by atoms with E-state index in [0.29, 0.717) is 49.7 Å². The molecule has 3 fully saturated rings. The Bertz CT molecular complexity index is 1160. The highest BCUT2D eigenvalue weighted by Gasteiger charge is 2.54. The van der Waals surface area contributed by atoms with Crippen molar-refractivity contribution in [2.24, 2.45) is 0 Å². The predicted molar refractivity (Wildman–Crippen MR) is 134 cm³/mol. The van der Waals surface area contributed by atoms with Crippen LogP contribution in [0.5, 0.6) is 0 Å². The van der Waals surface area contributed by atoms with Crippen LogP contribution in [-0.4, -0.2) is 78.2 Å². The van der Waals surface area contributed by atoms with E-state index in [1.165, 1.54) is 23.1 Å². The van der Waals surface area contributed by atoms with Crippen molar-refractivity contribution >= 4 is 29.3 Å². The molecule has 37 heavy (non-hydrogen) atoms. The van der Waals surface area contributed by atoms with Crippen LogP contribution in [0.3, 0.4) is 0 Å². The molecule has 2 unspecified atom stereocenters. The summed E-state index contributed by atoms with van der Waals surface area (Å²) in [4.78, 5) is 43.1. The van der Waals surface area contributed by atoms with Crippen LogP contribution in [0.1, 0.15) is 46.4 Å². The van der Waals surface area contributed by atoms with Crippen LogP contribution in [0.2, 0.25) is 5.02 Å². The maximum atomic E-state index is 14.0. The van der Waals surface area contributed by atoms with Crippen molar-refractivity contribution < 1.29 is 28.2 Å². The van der Waals surface area contributed by atoms with Crippen LogP contribution in [0, 0.1) is 5.82 Å². The lowest BCUT2D eigenvalue weighted by atomic mass is 9.96. The zero-order chi connectivity index (χ0) is 26.0. The fourth-order valence-electron chi connectivity index (χ4n) is 5.30. The number of halogens is 2. The molecule has 196 valence electrons. The predicted octanol–water partition coefficient (Wildman–Crippen LogP) is 3.25. The number of likely N-dealkylation sites (tertiary alicyclic amines) is 1. The van der Waals surface area contributed by atoms with Gasteiger partial charge in [0, 0.05) is 55.2 Å². The summed E-state index contributed by atoms with van der Waals surface area (Å²) in [5.41, 5.74) is -0.417. The van der Waals surface area contributed by atoms with Gasteiger partial charge in [-0.1, -0.05) is 17.7 Å². The van der Waals surface area contributed by atoms with E-state index in [4.69, 9.17) is 21.1 Å². The smallest absolute Gasteiger partial charge is 0.256 e. The second-order valence-corrected chi connectivity index (χ2v) is 10.1. The van der Waals surface area contributed by atoms with Gasteiger partial charge in [-0.25, -0.2) is 4.39 Å². The van der Waals surface area contributed by atoms with Gasteiger partial charge in [-0.3, -0.25) is 19.3 Å². The Morgan fingerprint density at radius 3 is 2.49 bits per heavy atom. The Labute approximate surface area is 219 Å². The first-order valence-corrected chi connectivity index (χ1v) is 12.9. The lowest BCUT2D eigenvalue weighted by molar-refractivity contribution is -0.128. The molecule has 3 amide bonds. The van der Waals surface area contributed by atoms with Gasteiger partial charge in [-0.15, -0.1) is 0 Å². The minimum atomic E-state index is -1.08. The number of ether oxygens (including phenoxy) is 2. The van der Waals surface area contributed by atoms with Crippen molar-refractivity contribution in [1.29, 1.82) is 0 Å². The molecule has 0 saturated carbocycles. The average molecular weight is 530 g/mol. The van der Waals surface area contributed by atoms with Crippen LogP contribution >= 0.6 is 11.6 Å². The van der Waals surface area contributed by atoms with E-state index in [-0.39, 0.29) is 30.1 Å². The molecule has 3 aliphatic rings. The maximum absolute atomic E-state index is 14.0. The van der Waals surface area contributed by atoms with Gasteiger partial charge in [0.25, 0.3) is 11.8 Å². The number of piperidine rings is 1. The molecule has 0 radical (unpaired) electrons. The molecule has 3 heterocycles. The summed E-state index contributed by atoms with van der Waals surface area (Å²) in [6.07, 6.45) is 2.42. The molecule has 0 bridgehead atoms. The van der Waals surface area contributed by atoms with E-state index in [2.05, 4.69) is 5.32 Å². The maximum Gasteiger partial charge on any atom is 0.256 e. The Morgan fingerprint density at radius 2 is 1.81 bits per heavy atom. The van der Waals surface area contributed by atoms with E-state index >= 15 is 0 Å². The SMILES string of the molecule is O=C(NCC1CCCO1)C1COC2(CCN(C(=O)c3ccc(Cl)cc3)CC2)N1C(=O)c1cccc(F)c1. The number of nitrogens with zero attached hydrogens (tertiary/aromatic N) is 2. The molecule has 2 aromatic carbocycles. The Balaban J connectivity index is 1.34. The number of hydrogen-bond acceptors (Lipinski definition) is 5. The third kappa shape index (κ3) is 5.35. The third-order valence-electron chi connectivity index (χ3n) is 7.30. The molecule has 8 nitrogen and oxygen atoms in total. The molecule has 10 heteroatoms. The zero-order valence-corrected chi connectivity index (χ0v) is 21.1. The molecular formula is C27H29ClFN3O5. The van der Waals surface area contributed by atoms with Crippen molar-refractivity contribution in [3.8, 4) is 0 Å². The quantitative estimate of drug-likeness (QED) is 0.642. The van der Waals surface area contributed by atoms with Gasteiger partial charge < -0.3 is 19.7 Å². The number of carbonyl (C=O) groups excluding carboxylic acids is 3. The third-order valence-corrected chi connectivity index (χ3v) is 7.56. The lowest BCUT2D eigenvalue weighted by Gasteiger charge is -2.44. The van der Waals surface area contributed by atoms with Gasteiger partial charge in [0.1, 0.15) is 17.6 Å². The van der Waals surface area contributed by atoms with Gasteiger partial charge >= 0.3 is 0 Å². The highest BCUT2D eigenvalue weighted by molar-refractivity contribution is 6.30. The summed E-state index contributed by atoms with van der Waals surface area (Å²) in [6, 6.07) is 11.2. The van der Waals surface area contributed by atoms with Gasteiger partial charge in [0.2, 0.25) is 5.91 Å². The molecule has 3 saturated heterocycles. The Kier molecular flexibility index (Phi) is 7.46. The topological polar surface area (TPSA) is 88.2 Å². The number of rotatable bonds is 5. The molecule has 2 atom stereocenters. The largest absolute Gasteiger partial charge is 0.376 e. The first-order chi connectivity index (χ1) is 17.9. The summed E-state index contributed by atoms with van der Waals surface area (Å²) in [5, 5.41) is 3.45. The van der Waals surface area contributed by atoms with Crippen LogP contribution in [0.15, 0.2) is 48.5 Å². The molecule has 5 rings (SSSR count). The second kappa shape index (κ2) is 10.8. The van der Waals surface area contributed by atoms with Crippen molar-refractivity contribution in [2.45, 2.75) is 43.6 Å². The summed E-state index contributed by atoms with van der Waals surface area (Å²) in [5.74, 6) is -1.50. The van der Waals surface area contributed by atoms with Crippen LogP contribution in [-0.2, 0) is 14.3 Å². The molecule has 2 aromatic rings. The zero-order valence-electron chi connectivity index (χ0n) is 20.3. The van der Waals surface area contributed by atoms with E-state index in [9.17, 15) is 18.8 Å². The van der Waals surface area contributed by atoms with Gasteiger partial charge in [0.05, 0.1) is 12.7 Å². The van der Waals surface area contributed by atoms with Gasteiger partial charge in [-0.05, 0) is 55.3 Å². The molecule has 0 aliphatic carbocycles. The van der Waals surface area contributed by atoms with Crippen LogP contribution in [0.25, 0.3) is 0 Å². The van der Waals surface area contributed by atoms with E-state index in [1.807, 2.05) is 0 Å². The van der Waals surface area contributed by atoms with Crippen LogP contribution in [0.4, 0.5) is 4.39 Å². The van der Waals surface area contributed by atoms with Crippen molar-refractivity contribution in [1.82, 2.24) is 15.1 Å². The molecular weight excluding hydrogens is 501 g/mol. The highest BCUT2D eigenvalue weighted by Crippen LogP contribution is 2.39. The average Bonchev–Trinajstić information content (AvgIpc) is 3.56. The first kappa shape index (κ1) is 25.6. The number of hydrogen-bond donors (Lipinski definition) is 1. The minimum absolute atomic E-state index is 0.0174. The molecule has 3 aliphatic heterocycles. The van der Waals surface area contributed by atoms with Crippen molar-refractivity contribution in [3.05, 3.63) is 70.5 Å². The lowest BCUT2D eigenvalue weighted by Crippen LogP contribution is -2.60. The molecule has 1 spiro atoms. The van der Waals surface area contributed by atoms with Gasteiger partial charge in [-0.2, -0.15) is 0 Å². The summed E-state index contributed by atoms with van der Waals surface area (Å²) in [7, 11) is 0. The monoisotopic (exact) mass is 529 g/mol. The molecule has 0 aromatic heterocycles. The number of nitrogens with one attached hydrogen (secondary N) is 1. The normalized spacial score (nSPS) is 22.9. The van der Waals surface area contributed by atoms with Gasteiger partial charge in [0.15, 0.2) is 0 Å². The first-order valence-electron chi connectivity index (χ1n) is 12.5. The van der Waals surface area contributed by atoms with Crippen molar-refractivity contribution in [2.75, 3.05) is 32.8 Å². The Hall–Kier alpha value is -3.01. The Morgan fingerprint density at radius 1 is 1.05 bits per heavy atom. The second-order valence-electron chi connectivity index (χ2n) is 9.64. The van der Waals surface area contributed by atoms with E-state index < -0.39 is 23.5 Å².